The Kier molecular flexibility index (Phi) is 1.35. The predicted octanol–water partition coefficient (Wildman–Crippen LogP) is 2.32. The molecule has 1 rings (SSSR count). The molecule has 54 valence electrons. The number of hydrogen-bond acceptors (Lipinski definition) is 1. The van der Waals surface area contributed by atoms with Crippen LogP contribution in [0.15, 0.2) is 12.1 Å². The summed E-state index contributed by atoms with van der Waals surface area (Å²) in [6, 6.07) is 2.18. The van der Waals surface area contributed by atoms with Crippen LogP contribution in [0, 0.1) is 20.8 Å². The molecule has 0 aromatic heterocycles. The minimum atomic E-state index is 0.318. The SMILES string of the molecule is [2H]c1cc(C)c(O)c(C)c1C. The monoisotopic (exact) mass is 137 g/mol. The zero-order valence-corrected chi connectivity index (χ0v) is 6.52. The van der Waals surface area contributed by atoms with Crippen LogP contribution in [-0.4, -0.2) is 5.11 Å². The van der Waals surface area contributed by atoms with Crippen molar-refractivity contribution in [3.8, 4) is 5.75 Å². The molecule has 0 radical (unpaired) electrons. The lowest BCUT2D eigenvalue weighted by Crippen LogP contribution is -1.83. The van der Waals surface area contributed by atoms with E-state index in [-0.39, 0.29) is 0 Å². The normalized spacial score (nSPS) is 11.3. The number of aryl methyl sites for hydroxylation is 1. The molecule has 0 fully saturated rings. The summed E-state index contributed by atoms with van der Waals surface area (Å²) < 4.78 is 7.49. The Bertz CT molecular complexity index is 266. The van der Waals surface area contributed by atoms with Crippen LogP contribution < -0.4 is 0 Å². The standard InChI is InChI=1S/C9H12O/c1-6-4-5-7(2)9(10)8(6)3/h4-5,10H,1-3H3/i4D. The van der Waals surface area contributed by atoms with Crippen molar-refractivity contribution in [3.05, 3.63) is 28.8 Å². The van der Waals surface area contributed by atoms with Gasteiger partial charge in [0.15, 0.2) is 0 Å². The highest BCUT2D eigenvalue weighted by molar-refractivity contribution is 5.43. The largest absolute Gasteiger partial charge is 0.507 e. The second-order valence-electron chi connectivity index (χ2n) is 2.57. The van der Waals surface area contributed by atoms with E-state index in [2.05, 4.69) is 0 Å². The van der Waals surface area contributed by atoms with Gasteiger partial charge in [-0.25, -0.2) is 0 Å². The van der Waals surface area contributed by atoms with Crippen molar-refractivity contribution in [1.29, 1.82) is 0 Å². The number of benzene rings is 1. The maximum absolute atomic E-state index is 9.43. The van der Waals surface area contributed by atoms with Gasteiger partial charge in [0.25, 0.3) is 0 Å². The molecule has 10 heavy (non-hydrogen) atoms. The smallest absolute Gasteiger partial charge is 0.121 e. The summed E-state index contributed by atoms with van der Waals surface area (Å²) in [4.78, 5) is 0. The Hall–Kier alpha value is -0.980. The summed E-state index contributed by atoms with van der Waals surface area (Å²) in [5.74, 6) is 0.318. The van der Waals surface area contributed by atoms with Crippen LogP contribution in [-0.2, 0) is 0 Å². The Balaban J connectivity index is 3.46. The van der Waals surface area contributed by atoms with E-state index in [4.69, 9.17) is 1.37 Å². The fourth-order valence-corrected chi connectivity index (χ4v) is 0.866. The van der Waals surface area contributed by atoms with E-state index in [0.29, 0.717) is 11.8 Å². The minimum Gasteiger partial charge on any atom is -0.507 e. The lowest BCUT2D eigenvalue weighted by molar-refractivity contribution is 0.466. The van der Waals surface area contributed by atoms with Gasteiger partial charge in [0.2, 0.25) is 0 Å². The van der Waals surface area contributed by atoms with Gasteiger partial charge in [-0.2, -0.15) is 0 Å². The van der Waals surface area contributed by atoms with Crippen LogP contribution >= 0.6 is 0 Å². The van der Waals surface area contributed by atoms with Crippen molar-refractivity contribution in [2.75, 3.05) is 0 Å². The highest BCUT2D eigenvalue weighted by Crippen LogP contribution is 2.23. The zero-order chi connectivity index (χ0) is 8.59. The number of phenolic OH excluding ortho intramolecular Hbond substituents is 1. The molecule has 1 N–H and O–H groups in total. The number of rotatable bonds is 0. The summed E-state index contributed by atoms with van der Waals surface area (Å²) in [7, 11) is 0. The van der Waals surface area contributed by atoms with E-state index >= 15 is 0 Å². The van der Waals surface area contributed by atoms with Gasteiger partial charge in [-0.15, -0.1) is 0 Å². The van der Waals surface area contributed by atoms with Gasteiger partial charge in [-0.3, -0.25) is 0 Å². The van der Waals surface area contributed by atoms with E-state index in [9.17, 15) is 5.11 Å². The Labute approximate surface area is 62.7 Å². The lowest BCUT2D eigenvalue weighted by atomic mass is 10.1. The number of phenols is 1. The van der Waals surface area contributed by atoms with E-state index in [1.807, 2.05) is 13.8 Å². The molecule has 0 atom stereocenters. The summed E-state index contributed by atoms with van der Waals surface area (Å²) in [6.45, 7) is 5.48. The van der Waals surface area contributed by atoms with Crippen molar-refractivity contribution in [2.45, 2.75) is 20.8 Å². The van der Waals surface area contributed by atoms with Crippen molar-refractivity contribution >= 4 is 0 Å². The third kappa shape index (κ3) is 0.991. The molecule has 0 aliphatic rings. The first-order valence-corrected chi connectivity index (χ1v) is 3.30. The van der Waals surface area contributed by atoms with Gasteiger partial charge in [-0.05, 0) is 37.5 Å². The second-order valence-corrected chi connectivity index (χ2v) is 2.57. The van der Waals surface area contributed by atoms with Crippen LogP contribution in [0.25, 0.3) is 0 Å². The van der Waals surface area contributed by atoms with Crippen LogP contribution in [0.4, 0.5) is 0 Å². The highest BCUT2D eigenvalue weighted by Gasteiger charge is 2.00. The average molecular weight is 137 g/mol. The molecule has 0 amide bonds. The molecule has 0 aliphatic carbocycles. The Morgan fingerprint density at radius 1 is 1.30 bits per heavy atom. The first kappa shape index (κ1) is 5.78. The molecule has 0 saturated carbocycles. The van der Waals surface area contributed by atoms with Crippen molar-refractivity contribution in [1.82, 2.24) is 0 Å². The number of hydrogen-bond donors (Lipinski definition) is 1. The van der Waals surface area contributed by atoms with E-state index in [0.717, 1.165) is 16.7 Å². The first-order valence-electron chi connectivity index (χ1n) is 3.80. The first-order chi connectivity index (χ1) is 5.04. The molecule has 1 aromatic rings. The van der Waals surface area contributed by atoms with Gasteiger partial charge in [0.1, 0.15) is 5.75 Å². The Morgan fingerprint density at radius 3 is 2.50 bits per heavy atom. The van der Waals surface area contributed by atoms with E-state index < -0.39 is 0 Å². The van der Waals surface area contributed by atoms with Crippen molar-refractivity contribution < 1.29 is 6.48 Å². The molecule has 1 heteroatoms. The van der Waals surface area contributed by atoms with Crippen molar-refractivity contribution in [3.63, 3.8) is 0 Å². The molecular weight excluding hydrogens is 124 g/mol. The van der Waals surface area contributed by atoms with Gasteiger partial charge in [0, 0.05) is 0 Å². The Morgan fingerprint density at radius 2 is 1.90 bits per heavy atom. The summed E-state index contributed by atoms with van der Waals surface area (Å²) >= 11 is 0. The maximum Gasteiger partial charge on any atom is 0.121 e. The van der Waals surface area contributed by atoms with Crippen LogP contribution in [0.5, 0.6) is 5.75 Å². The molecular formula is C9H12O. The fraction of sp³-hybridized carbons (Fsp3) is 0.333. The van der Waals surface area contributed by atoms with Gasteiger partial charge >= 0.3 is 0 Å². The van der Waals surface area contributed by atoms with E-state index in [1.165, 1.54) is 0 Å². The van der Waals surface area contributed by atoms with Gasteiger partial charge in [0.05, 0.1) is 1.37 Å². The highest BCUT2D eigenvalue weighted by atomic mass is 16.3. The third-order valence-electron chi connectivity index (χ3n) is 1.80. The van der Waals surface area contributed by atoms with Gasteiger partial charge in [-0.1, -0.05) is 12.1 Å². The molecule has 0 heterocycles. The second kappa shape index (κ2) is 2.33. The molecule has 1 aromatic carbocycles. The predicted molar refractivity (Wildman–Crippen MR) is 42.3 cm³/mol. The third-order valence-corrected chi connectivity index (χ3v) is 1.80. The molecule has 0 aliphatic heterocycles. The maximum atomic E-state index is 9.43. The molecule has 0 saturated heterocycles. The summed E-state index contributed by atoms with van der Waals surface area (Å²) in [5.41, 5.74) is 2.45. The average Bonchev–Trinajstić information content (AvgIpc) is 1.97. The molecule has 0 bridgehead atoms. The molecule has 0 spiro atoms. The molecule has 0 unspecified atom stereocenters. The van der Waals surface area contributed by atoms with Crippen LogP contribution in [0.2, 0.25) is 0 Å². The number of aromatic hydroxyl groups is 1. The lowest BCUT2D eigenvalue weighted by Gasteiger charge is -2.04. The molecule has 1 nitrogen and oxygen atoms in total. The summed E-state index contributed by atoms with van der Waals surface area (Å²) in [6.07, 6.45) is 0. The minimum absolute atomic E-state index is 0.318. The summed E-state index contributed by atoms with van der Waals surface area (Å²) in [5, 5.41) is 9.43. The zero-order valence-electron chi connectivity index (χ0n) is 7.52. The van der Waals surface area contributed by atoms with Crippen molar-refractivity contribution in [2.24, 2.45) is 0 Å². The van der Waals surface area contributed by atoms with Gasteiger partial charge < -0.3 is 5.11 Å². The quantitative estimate of drug-likeness (QED) is 0.581. The fourth-order valence-electron chi connectivity index (χ4n) is 0.866. The van der Waals surface area contributed by atoms with Crippen LogP contribution in [0.3, 0.4) is 0 Å². The topological polar surface area (TPSA) is 20.2 Å². The van der Waals surface area contributed by atoms with Crippen LogP contribution in [0.1, 0.15) is 18.1 Å². The van der Waals surface area contributed by atoms with E-state index in [1.54, 1.807) is 13.0 Å².